The lowest BCUT2D eigenvalue weighted by molar-refractivity contribution is 0.0696. The molecule has 0 saturated carbocycles. The Hall–Kier alpha value is -3.13. The number of pyridine rings is 1. The number of carbonyl (C=O) groups excluding carboxylic acids is 1. The van der Waals surface area contributed by atoms with Gasteiger partial charge in [0.15, 0.2) is 11.5 Å². The smallest absolute Gasteiger partial charge is 0.335 e. The molecule has 1 aromatic heterocycles. The number of hydrogen-bond acceptors (Lipinski definition) is 6. The number of carboxylic acid groups (broad SMARTS) is 1. The van der Waals surface area contributed by atoms with Crippen LogP contribution < -0.4 is 16.0 Å². The Bertz CT molecular complexity index is 646. The summed E-state index contributed by atoms with van der Waals surface area (Å²) in [6.45, 7) is 0. The Balaban J connectivity index is 0.000000224. The Labute approximate surface area is 126 Å². The lowest BCUT2D eigenvalue weighted by Gasteiger charge is -2.02. The normalized spacial score (nSPS) is 9.18. The Morgan fingerprint density at radius 3 is 2.32 bits per heavy atom. The zero-order valence-electron chi connectivity index (χ0n) is 11.7. The van der Waals surface area contributed by atoms with Crippen molar-refractivity contribution in [1.82, 2.24) is 10.4 Å². The van der Waals surface area contributed by atoms with Crippen LogP contribution in [0.1, 0.15) is 20.7 Å². The number of aromatic carboxylic acids is 1. The summed E-state index contributed by atoms with van der Waals surface area (Å²) < 4.78 is 4.72. The molecule has 1 heterocycles. The van der Waals surface area contributed by atoms with Gasteiger partial charge >= 0.3 is 5.97 Å². The first-order valence-corrected chi connectivity index (χ1v) is 6.00. The minimum absolute atomic E-state index is 0.0671. The van der Waals surface area contributed by atoms with Crippen LogP contribution in [0.25, 0.3) is 0 Å². The molecule has 1 aromatic carbocycles. The maximum atomic E-state index is 10.7. The Morgan fingerprint density at radius 1 is 1.18 bits per heavy atom. The summed E-state index contributed by atoms with van der Waals surface area (Å²) in [5.41, 5.74) is 2.61. The van der Waals surface area contributed by atoms with Crippen molar-refractivity contribution < 1.29 is 24.5 Å². The zero-order valence-corrected chi connectivity index (χ0v) is 11.7. The molecule has 8 nitrogen and oxygen atoms in total. The average molecular weight is 305 g/mol. The average Bonchev–Trinajstić information content (AvgIpc) is 2.55. The predicted molar refractivity (Wildman–Crippen MR) is 77.5 cm³/mol. The fraction of sp³-hybridized carbons (Fsp3) is 0.0714. The van der Waals surface area contributed by atoms with E-state index >= 15 is 0 Å². The van der Waals surface area contributed by atoms with Gasteiger partial charge in [0, 0.05) is 18.0 Å². The monoisotopic (exact) mass is 305 g/mol. The van der Waals surface area contributed by atoms with E-state index in [0.29, 0.717) is 5.56 Å². The molecule has 2 aromatic rings. The minimum atomic E-state index is -1.05. The van der Waals surface area contributed by atoms with Gasteiger partial charge in [-0.2, -0.15) is 0 Å². The lowest BCUT2D eigenvalue weighted by atomic mass is 10.2. The minimum Gasteiger partial charge on any atom is -0.504 e. The summed E-state index contributed by atoms with van der Waals surface area (Å²) in [4.78, 5) is 24.9. The molecule has 0 radical (unpaired) electrons. The van der Waals surface area contributed by atoms with Gasteiger partial charge in [0.1, 0.15) is 0 Å². The molecule has 0 aliphatic heterocycles. The first-order valence-electron chi connectivity index (χ1n) is 6.00. The van der Waals surface area contributed by atoms with Crippen molar-refractivity contribution in [2.24, 2.45) is 5.84 Å². The number of carboxylic acids is 1. The van der Waals surface area contributed by atoms with Crippen molar-refractivity contribution in [3.05, 3.63) is 53.9 Å². The zero-order chi connectivity index (χ0) is 16.5. The van der Waals surface area contributed by atoms with E-state index in [1.807, 2.05) is 5.43 Å². The molecule has 2 rings (SSSR count). The molecule has 8 heteroatoms. The molecule has 0 unspecified atom stereocenters. The number of carbonyl (C=O) groups is 2. The summed E-state index contributed by atoms with van der Waals surface area (Å²) in [6, 6.07) is 7.02. The SMILES string of the molecule is COc1cc(C(=O)O)ccc1O.NNC(=O)c1ccncc1. The van der Waals surface area contributed by atoms with Crippen LogP contribution >= 0.6 is 0 Å². The molecule has 22 heavy (non-hydrogen) atoms. The summed E-state index contributed by atoms with van der Waals surface area (Å²) in [7, 11) is 1.36. The van der Waals surface area contributed by atoms with E-state index in [9.17, 15) is 9.59 Å². The number of nitrogen functional groups attached to an aromatic ring is 1. The fourth-order valence-corrected chi connectivity index (χ4v) is 1.40. The van der Waals surface area contributed by atoms with E-state index in [4.69, 9.17) is 20.8 Å². The second kappa shape index (κ2) is 8.22. The van der Waals surface area contributed by atoms with Gasteiger partial charge in [-0.05, 0) is 30.3 Å². The molecule has 0 spiro atoms. The summed E-state index contributed by atoms with van der Waals surface area (Å²) in [5.74, 6) is 3.63. The fourth-order valence-electron chi connectivity index (χ4n) is 1.40. The van der Waals surface area contributed by atoms with Gasteiger partial charge in [0.05, 0.1) is 12.7 Å². The molecule has 0 bridgehead atoms. The van der Waals surface area contributed by atoms with Gasteiger partial charge in [-0.3, -0.25) is 15.2 Å². The van der Waals surface area contributed by atoms with E-state index in [0.717, 1.165) is 0 Å². The molecule has 0 aliphatic carbocycles. The number of methoxy groups -OCH3 is 1. The number of hydrogen-bond donors (Lipinski definition) is 4. The number of aromatic hydroxyl groups is 1. The highest BCUT2D eigenvalue weighted by Gasteiger charge is 2.06. The van der Waals surface area contributed by atoms with Crippen LogP contribution in [0.4, 0.5) is 0 Å². The van der Waals surface area contributed by atoms with E-state index in [1.54, 1.807) is 12.1 Å². The maximum absolute atomic E-state index is 10.7. The first kappa shape index (κ1) is 16.9. The third-order valence-electron chi connectivity index (χ3n) is 2.50. The molecule has 0 saturated heterocycles. The van der Waals surface area contributed by atoms with Crippen LogP contribution in [0, 0.1) is 0 Å². The lowest BCUT2D eigenvalue weighted by Crippen LogP contribution is -2.29. The third kappa shape index (κ3) is 4.76. The van der Waals surface area contributed by atoms with E-state index in [1.165, 1.54) is 37.7 Å². The van der Waals surface area contributed by atoms with E-state index < -0.39 is 5.97 Å². The van der Waals surface area contributed by atoms with Gasteiger partial charge < -0.3 is 14.9 Å². The number of benzene rings is 1. The first-order chi connectivity index (χ1) is 10.5. The van der Waals surface area contributed by atoms with Crippen molar-refractivity contribution in [3.63, 3.8) is 0 Å². The molecule has 1 amide bonds. The molecule has 0 fully saturated rings. The molecule has 5 N–H and O–H groups in total. The second-order valence-electron chi connectivity index (χ2n) is 3.90. The van der Waals surface area contributed by atoms with Crippen LogP contribution in [-0.4, -0.2) is 34.2 Å². The number of aromatic nitrogens is 1. The van der Waals surface area contributed by atoms with E-state index in [-0.39, 0.29) is 23.0 Å². The quantitative estimate of drug-likeness (QED) is 0.374. The van der Waals surface area contributed by atoms with Crippen LogP contribution in [0.5, 0.6) is 11.5 Å². The van der Waals surface area contributed by atoms with Crippen molar-refractivity contribution in [2.45, 2.75) is 0 Å². The predicted octanol–water partition coefficient (Wildman–Crippen LogP) is 0.784. The number of ether oxygens (including phenoxy) is 1. The number of phenols is 1. The van der Waals surface area contributed by atoms with Crippen LogP contribution in [0.15, 0.2) is 42.7 Å². The largest absolute Gasteiger partial charge is 0.504 e. The highest BCUT2D eigenvalue weighted by Crippen LogP contribution is 2.25. The van der Waals surface area contributed by atoms with Crippen LogP contribution in [0.2, 0.25) is 0 Å². The van der Waals surface area contributed by atoms with Gasteiger partial charge in [0.25, 0.3) is 5.91 Å². The number of nitrogens with two attached hydrogens (primary N) is 1. The van der Waals surface area contributed by atoms with Gasteiger partial charge in [-0.25, -0.2) is 10.6 Å². The second-order valence-corrected chi connectivity index (χ2v) is 3.90. The topological polar surface area (TPSA) is 135 Å². The summed E-state index contributed by atoms with van der Waals surface area (Å²) >= 11 is 0. The number of nitrogens with one attached hydrogen (secondary N) is 1. The number of amides is 1. The number of rotatable bonds is 3. The van der Waals surface area contributed by atoms with E-state index in [2.05, 4.69) is 4.98 Å². The van der Waals surface area contributed by atoms with Crippen molar-refractivity contribution >= 4 is 11.9 Å². The summed E-state index contributed by atoms with van der Waals surface area (Å²) in [5, 5.41) is 17.7. The standard InChI is InChI=1S/C8H8O4.C6H7N3O/c1-12-7-4-5(8(10)11)2-3-6(7)9;7-9-6(10)5-1-3-8-4-2-5/h2-4,9H,1H3,(H,10,11);1-4H,7H2,(H,9,10). The highest BCUT2D eigenvalue weighted by atomic mass is 16.5. The Kier molecular flexibility index (Phi) is 6.32. The molecule has 116 valence electrons. The van der Waals surface area contributed by atoms with Crippen LogP contribution in [-0.2, 0) is 0 Å². The van der Waals surface area contributed by atoms with Crippen LogP contribution in [0.3, 0.4) is 0 Å². The Morgan fingerprint density at radius 2 is 1.82 bits per heavy atom. The highest BCUT2D eigenvalue weighted by molar-refractivity contribution is 5.93. The van der Waals surface area contributed by atoms with Gasteiger partial charge in [-0.1, -0.05) is 0 Å². The molecule has 0 atom stereocenters. The number of hydrazine groups is 1. The molecular weight excluding hydrogens is 290 g/mol. The van der Waals surface area contributed by atoms with Gasteiger partial charge in [0.2, 0.25) is 0 Å². The molecule has 0 aliphatic rings. The maximum Gasteiger partial charge on any atom is 0.335 e. The van der Waals surface area contributed by atoms with Crippen molar-refractivity contribution in [2.75, 3.05) is 7.11 Å². The number of nitrogens with zero attached hydrogens (tertiary/aromatic N) is 1. The van der Waals surface area contributed by atoms with Crippen molar-refractivity contribution in [1.29, 1.82) is 0 Å². The molecular formula is C14H15N3O5. The number of phenolic OH excluding ortho intramolecular Hbond substituents is 1. The van der Waals surface area contributed by atoms with Gasteiger partial charge in [-0.15, -0.1) is 0 Å². The third-order valence-corrected chi connectivity index (χ3v) is 2.50. The summed E-state index contributed by atoms with van der Waals surface area (Å²) in [6.07, 6.45) is 3.06. The van der Waals surface area contributed by atoms with Crippen molar-refractivity contribution in [3.8, 4) is 11.5 Å².